The molecule has 6 rings (SSSR count). The number of hydrogen-bond acceptors (Lipinski definition) is 2. The maximum Gasteiger partial charge on any atom is 0.155 e. The van der Waals surface area contributed by atoms with Gasteiger partial charge < -0.3 is 0 Å². The number of aliphatic imine (C=N–C) groups is 1. The van der Waals surface area contributed by atoms with Gasteiger partial charge in [0.2, 0.25) is 0 Å². The predicted molar refractivity (Wildman–Crippen MR) is 118 cm³/mol. The summed E-state index contributed by atoms with van der Waals surface area (Å²) < 4.78 is 0. The largest absolute Gasteiger partial charge is 0.295 e. The highest BCUT2D eigenvalue weighted by Gasteiger charge is 2.57. The molecule has 0 N–H and O–H groups in total. The van der Waals surface area contributed by atoms with Crippen LogP contribution in [0.15, 0.2) is 52.6 Å². The lowest BCUT2D eigenvalue weighted by atomic mass is 9.46. The number of ketones is 1. The quantitative estimate of drug-likeness (QED) is 0.504. The number of carbonyl (C=O) groups excluding carboxylic acids is 1. The van der Waals surface area contributed by atoms with Crippen molar-refractivity contribution in [1.29, 1.82) is 0 Å². The van der Waals surface area contributed by atoms with Gasteiger partial charge in [0.05, 0.1) is 5.69 Å². The molecule has 1 aromatic carbocycles. The van der Waals surface area contributed by atoms with Crippen molar-refractivity contribution in [3.63, 3.8) is 0 Å². The Bertz CT molecular complexity index is 984. The van der Waals surface area contributed by atoms with Gasteiger partial charge in [0.1, 0.15) is 0 Å². The summed E-state index contributed by atoms with van der Waals surface area (Å²) >= 11 is 0. The van der Waals surface area contributed by atoms with Crippen LogP contribution in [0.5, 0.6) is 0 Å². The van der Waals surface area contributed by atoms with Crippen molar-refractivity contribution in [2.45, 2.75) is 64.7 Å². The molecule has 1 aliphatic heterocycles. The van der Waals surface area contributed by atoms with Gasteiger partial charge in [-0.1, -0.05) is 49.3 Å². The van der Waals surface area contributed by atoms with Crippen molar-refractivity contribution in [2.24, 2.45) is 33.6 Å². The fourth-order valence-electron chi connectivity index (χ4n) is 7.99. The molecule has 4 unspecified atom stereocenters. The first-order valence-electron chi connectivity index (χ1n) is 11.6. The second-order valence-electron chi connectivity index (χ2n) is 10.6. The Morgan fingerprint density at radius 2 is 1.86 bits per heavy atom. The van der Waals surface area contributed by atoms with Crippen LogP contribution in [-0.2, 0) is 4.79 Å². The van der Waals surface area contributed by atoms with E-state index in [1.807, 2.05) is 6.08 Å². The van der Waals surface area contributed by atoms with Gasteiger partial charge in [-0.15, -0.1) is 0 Å². The molecular formula is C27H31NO. The molecule has 0 radical (unpaired) electrons. The van der Waals surface area contributed by atoms with Crippen LogP contribution in [0, 0.1) is 28.6 Å². The van der Waals surface area contributed by atoms with E-state index in [2.05, 4.69) is 50.4 Å². The van der Waals surface area contributed by atoms with Crippen LogP contribution in [0.4, 0.5) is 5.69 Å². The van der Waals surface area contributed by atoms with Gasteiger partial charge in [0.25, 0.3) is 0 Å². The Hall–Kier alpha value is -1.96. The zero-order valence-corrected chi connectivity index (χ0v) is 17.7. The summed E-state index contributed by atoms with van der Waals surface area (Å²) in [5.74, 6) is 3.05. The maximum absolute atomic E-state index is 12.0. The molecule has 6 atom stereocenters. The summed E-state index contributed by atoms with van der Waals surface area (Å²) in [6.07, 6.45) is 14.9. The fourth-order valence-corrected chi connectivity index (χ4v) is 7.99. The smallest absolute Gasteiger partial charge is 0.155 e. The van der Waals surface area contributed by atoms with Crippen LogP contribution in [0.3, 0.4) is 0 Å². The molecule has 5 aliphatic rings. The highest BCUT2D eigenvalue weighted by Crippen LogP contribution is 2.66. The minimum absolute atomic E-state index is 0.266. The van der Waals surface area contributed by atoms with Gasteiger partial charge in [0, 0.05) is 18.6 Å². The van der Waals surface area contributed by atoms with Crippen molar-refractivity contribution in [3.8, 4) is 0 Å². The third-order valence-corrected chi connectivity index (χ3v) is 9.57. The van der Waals surface area contributed by atoms with E-state index >= 15 is 0 Å². The molecular weight excluding hydrogens is 354 g/mol. The molecule has 29 heavy (non-hydrogen) atoms. The molecule has 1 heterocycles. The molecule has 0 amide bonds. The molecule has 0 spiro atoms. The molecule has 2 fully saturated rings. The number of fused-ring (bicyclic) bond motifs is 6. The minimum Gasteiger partial charge on any atom is -0.295 e. The summed E-state index contributed by atoms with van der Waals surface area (Å²) in [5.41, 5.74) is 6.24. The number of nitrogens with zero attached hydrogens (tertiary/aromatic N) is 1. The molecule has 2 heteroatoms. The molecule has 0 bridgehead atoms. The molecule has 0 aromatic heterocycles. The number of benzene rings is 1. The van der Waals surface area contributed by atoms with Crippen molar-refractivity contribution < 1.29 is 4.79 Å². The zero-order valence-electron chi connectivity index (χ0n) is 17.7. The summed E-state index contributed by atoms with van der Waals surface area (Å²) in [6.45, 7) is 5.04. The monoisotopic (exact) mass is 385 g/mol. The SMILES string of the molecule is C[C@]12CCC(=O)C=C1CCC1C2CC[C@]2(C)C(C3C=Nc4ccccc43)=CCC12. The zero-order chi connectivity index (χ0) is 19.8. The van der Waals surface area contributed by atoms with E-state index < -0.39 is 0 Å². The van der Waals surface area contributed by atoms with Gasteiger partial charge in [-0.05, 0) is 84.8 Å². The van der Waals surface area contributed by atoms with Crippen molar-refractivity contribution >= 4 is 17.7 Å². The van der Waals surface area contributed by atoms with E-state index in [1.54, 1.807) is 5.57 Å². The van der Waals surface area contributed by atoms with Gasteiger partial charge >= 0.3 is 0 Å². The number of allylic oxidation sites excluding steroid dienone is 4. The normalized spacial score (nSPS) is 42.5. The molecule has 1 aromatic rings. The van der Waals surface area contributed by atoms with Crippen LogP contribution in [0.2, 0.25) is 0 Å². The average molecular weight is 386 g/mol. The first-order chi connectivity index (χ1) is 14.0. The van der Waals surface area contributed by atoms with Crippen LogP contribution < -0.4 is 0 Å². The molecule has 2 nitrogen and oxygen atoms in total. The third kappa shape index (κ3) is 2.35. The van der Waals surface area contributed by atoms with Gasteiger partial charge in [0.15, 0.2) is 5.78 Å². The van der Waals surface area contributed by atoms with Crippen molar-refractivity contribution in [2.75, 3.05) is 0 Å². The molecule has 0 saturated heterocycles. The van der Waals surface area contributed by atoms with E-state index in [-0.39, 0.29) is 5.41 Å². The van der Waals surface area contributed by atoms with Crippen LogP contribution >= 0.6 is 0 Å². The average Bonchev–Trinajstić information content (AvgIpc) is 3.29. The Labute approximate surface area is 174 Å². The lowest BCUT2D eigenvalue weighted by Gasteiger charge is -2.58. The van der Waals surface area contributed by atoms with E-state index in [0.29, 0.717) is 17.1 Å². The first-order valence-corrected chi connectivity index (χ1v) is 11.6. The van der Waals surface area contributed by atoms with E-state index in [9.17, 15) is 4.79 Å². The number of rotatable bonds is 1. The number of hydrogen-bond donors (Lipinski definition) is 0. The highest BCUT2D eigenvalue weighted by atomic mass is 16.1. The molecule has 150 valence electrons. The summed E-state index contributed by atoms with van der Waals surface area (Å²) in [5, 5.41) is 0. The van der Waals surface area contributed by atoms with Crippen LogP contribution in [0.1, 0.15) is 70.3 Å². The van der Waals surface area contributed by atoms with Gasteiger partial charge in [-0.2, -0.15) is 0 Å². The Morgan fingerprint density at radius 1 is 1.00 bits per heavy atom. The van der Waals surface area contributed by atoms with Crippen molar-refractivity contribution in [1.82, 2.24) is 0 Å². The van der Waals surface area contributed by atoms with Crippen molar-refractivity contribution in [3.05, 3.63) is 53.1 Å². The Morgan fingerprint density at radius 3 is 2.76 bits per heavy atom. The molecule has 2 saturated carbocycles. The van der Waals surface area contributed by atoms with Gasteiger partial charge in [-0.3, -0.25) is 9.79 Å². The standard InChI is InChI=1S/C27H31NO/c1-26-13-11-18(29)15-17(26)7-8-20-22-9-10-23(27(22,2)14-12-24(20)26)21-16-28-25-6-4-3-5-19(21)25/h3-6,10,15-16,20-22,24H,7-9,11-14H2,1-2H3/t20?,21?,22?,24?,26-,27-/m0/s1. The van der Waals surface area contributed by atoms with Gasteiger partial charge in [-0.25, -0.2) is 0 Å². The lowest BCUT2D eigenvalue weighted by Crippen LogP contribution is -2.50. The topological polar surface area (TPSA) is 29.4 Å². The van der Waals surface area contributed by atoms with E-state index in [1.165, 1.54) is 36.8 Å². The first kappa shape index (κ1) is 17.9. The Kier molecular flexibility index (Phi) is 3.71. The number of para-hydroxylation sites is 1. The second-order valence-corrected chi connectivity index (χ2v) is 10.6. The summed E-state index contributed by atoms with van der Waals surface area (Å²) in [4.78, 5) is 16.8. The minimum atomic E-state index is 0.266. The third-order valence-electron chi connectivity index (χ3n) is 9.57. The fraction of sp³-hybridized carbons (Fsp3) is 0.556. The van der Waals surface area contributed by atoms with Crippen LogP contribution in [0.25, 0.3) is 0 Å². The van der Waals surface area contributed by atoms with E-state index in [4.69, 9.17) is 4.99 Å². The predicted octanol–water partition coefficient (Wildman–Crippen LogP) is 6.55. The molecule has 4 aliphatic carbocycles. The second kappa shape index (κ2) is 6.03. The highest BCUT2D eigenvalue weighted by molar-refractivity contribution is 5.91. The van der Waals surface area contributed by atoms with E-state index in [0.717, 1.165) is 42.7 Å². The maximum atomic E-state index is 12.0. The lowest BCUT2D eigenvalue weighted by molar-refractivity contribution is -0.117. The van der Waals surface area contributed by atoms with Crippen LogP contribution in [-0.4, -0.2) is 12.0 Å². The summed E-state index contributed by atoms with van der Waals surface area (Å²) in [6, 6.07) is 8.68. The summed E-state index contributed by atoms with van der Waals surface area (Å²) in [7, 11) is 0. The Balaban J connectivity index is 1.33. The number of carbonyl (C=O) groups is 1.